The summed E-state index contributed by atoms with van der Waals surface area (Å²) >= 11 is 0. The second-order valence-electron chi connectivity index (χ2n) is 5.47. The van der Waals surface area contributed by atoms with E-state index in [1.807, 2.05) is 18.2 Å². The van der Waals surface area contributed by atoms with Crippen molar-refractivity contribution < 1.29 is 4.74 Å². The Hall–Kier alpha value is -1.55. The van der Waals surface area contributed by atoms with E-state index in [2.05, 4.69) is 30.7 Å². The van der Waals surface area contributed by atoms with E-state index in [1.54, 1.807) is 7.11 Å². The highest BCUT2D eigenvalue weighted by molar-refractivity contribution is 5.76. The zero-order valence-corrected chi connectivity index (χ0v) is 13.6. The van der Waals surface area contributed by atoms with Crippen LogP contribution in [0.2, 0.25) is 0 Å². The molecule has 2 aromatic rings. The van der Waals surface area contributed by atoms with Gasteiger partial charge in [0, 0.05) is 6.07 Å². The number of aromatic amines is 1. The Morgan fingerprint density at radius 2 is 1.90 bits per heavy atom. The Morgan fingerprint density at radius 3 is 2.48 bits per heavy atom. The number of ether oxygens (including phenoxy) is 1. The first-order chi connectivity index (χ1) is 10.2. The molecule has 0 bridgehead atoms. The fraction of sp³-hybridized carbons (Fsp3) is 0.588. The minimum Gasteiger partial charge on any atom is -0.497 e. The molecule has 0 aliphatic carbocycles. The summed E-state index contributed by atoms with van der Waals surface area (Å²) in [5.41, 5.74) is 2.06. The molecule has 0 saturated heterocycles. The largest absolute Gasteiger partial charge is 0.497 e. The van der Waals surface area contributed by atoms with Gasteiger partial charge in [-0.2, -0.15) is 0 Å². The van der Waals surface area contributed by atoms with E-state index in [9.17, 15) is 0 Å². The highest BCUT2D eigenvalue weighted by atomic mass is 16.5. The van der Waals surface area contributed by atoms with Gasteiger partial charge in [0.25, 0.3) is 0 Å². The van der Waals surface area contributed by atoms with Crippen molar-refractivity contribution in [3.8, 4) is 5.75 Å². The first kappa shape index (κ1) is 15.8. The normalized spacial score (nSPS) is 13.0. The molecule has 1 heterocycles. The van der Waals surface area contributed by atoms with Gasteiger partial charge in [-0.15, -0.1) is 0 Å². The van der Waals surface area contributed by atoms with Crippen molar-refractivity contribution in [2.45, 2.75) is 46.1 Å². The monoisotopic (exact) mass is 289 g/mol. The molecule has 0 amide bonds. The van der Waals surface area contributed by atoms with Crippen molar-refractivity contribution in [3.05, 3.63) is 24.0 Å². The summed E-state index contributed by atoms with van der Waals surface area (Å²) in [6.07, 6.45) is 3.41. The van der Waals surface area contributed by atoms with E-state index in [1.165, 1.54) is 12.8 Å². The Morgan fingerprint density at radius 1 is 1.19 bits per heavy atom. The third kappa shape index (κ3) is 3.56. The van der Waals surface area contributed by atoms with Crippen LogP contribution in [0.15, 0.2) is 18.2 Å². The molecule has 1 N–H and O–H groups in total. The number of benzene rings is 1. The highest BCUT2D eigenvalue weighted by Crippen LogP contribution is 2.26. The second-order valence-corrected chi connectivity index (χ2v) is 5.47. The predicted molar refractivity (Wildman–Crippen MR) is 87.8 cm³/mol. The van der Waals surface area contributed by atoms with Gasteiger partial charge in [-0.25, -0.2) is 4.98 Å². The summed E-state index contributed by atoms with van der Waals surface area (Å²) in [7, 11) is 1.69. The Labute approximate surface area is 127 Å². The number of fused-ring (bicyclic) bond motifs is 1. The molecule has 4 heteroatoms. The number of H-pyrrole nitrogens is 1. The Kier molecular flexibility index (Phi) is 5.62. The van der Waals surface area contributed by atoms with E-state index >= 15 is 0 Å². The van der Waals surface area contributed by atoms with Gasteiger partial charge in [-0.3, -0.25) is 4.90 Å². The van der Waals surface area contributed by atoms with Crippen molar-refractivity contribution in [2.75, 3.05) is 20.2 Å². The number of aromatic nitrogens is 2. The molecule has 116 valence electrons. The van der Waals surface area contributed by atoms with Crippen molar-refractivity contribution in [1.29, 1.82) is 0 Å². The molecular formula is C17H27N3O. The number of methoxy groups -OCH3 is 1. The minimum absolute atomic E-state index is 0.364. The molecule has 1 aromatic heterocycles. The number of hydrogen-bond donors (Lipinski definition) is 1. The summed E-state index contributed by atoms with van der Waals surface area (Å²) in [5, 5.41) is 0. The number of rotatable bonds is 8. The van der Waals surface area contributed by atoms with E-state index in [0.717, 1.165) is 42.1 Å². The smallest absolute Gasteiger partial charge is 0.124 e. The molecule has 4 nitrogen and oxygen atoms in total. The molecule has 0 radical (unpaired) electrons. The predicted octanol–water partition coefficient (Wildman–Crippen LogP) is 4.14. The molecule has 1 atom stereocenters. The molecular weight excluding hydrogens is 262 g/mol. The maximum atomic E-state index is 5.28. The van der Waals surface area contributed by atoms with Crippen molar-refractivity contribution in [3.63, 3.8) is 0 Å². The lowest BCUT2D eigenvalue weighted by Crippen LogP contribution is -2.30. The summed E-state index contributed by atoms with van der Waals surface area (Å²) in [5.74, 6) is 1.94. The third-order valence-corrected chi connectivity index (χ3v) is 3.87. The van der Waals surface area contributed by atoms with Crippen molar-refractivity contribution in [1.82, 2.24) is 14.9 Å². The maximum absolute atomic E-state index is 5.28. The fourth-order valence-corrected chi connectivity index (χ4v) is 2.92. The van der Waals surface area contributed by atoms with Gasteiger partial charge in [-0.05, 0) is 44.5 Å². The molecule has 0 spiro atoms. The molecule has 1 unspecified atom stereocenters. The van der Waals surface area contributed by atoms with Crippen molar-refractivity contribution >= 4 is 11.0 Å². The first-order valence-electron chi connectivity index (χ1n) is 8.01. The van der Waals surface area contributed by atoms with Crippen LogP contribution in [0.3, 0.4) is 0 Å². The van der Waals surface area contributed by atoms with Gasteiger partial charge in [0.05, 0.1) is 24.2 Å². The second kappa shape index (κ2) is 7.46. The van der Waals surface area contributed by atoms with Crippen LogP contribution in [-0.2, 0) is 0 Å². The topological polar surface area (TPSA) is 41.2 Å². The zero-order valence-electron chi connectivity index (χ0n) is 13.6. The average Bonchev–Trinajstić information content (AvgIpc) is 2.90. The summed E-state index contributed by atoms with van der Waals surface area (Å²) < 4.78 is 5.28. The van der Waals surface area contributed by atoms with Gasteiger partial charge in [0.15, 0.2) is 0 Å². The molecule has 2 rings (SSSR count). The molecule has 0 aliphatic heterocycles. The molecule has 1 aromatic carbocycles. The van der Waals surface area contributed by atoms with Crippen LogP contribution >= 0.6 is 0 Å². The van der Waals surface area contributed by atoms with E-state index < -0.39 is 0 Å². The van der Waals surface area contributed by atoms with Crippen LogP contribution in [-0.4, -0.2) is 35.1 Å². The van der Waals surface area contributed by atoms with Gasteiger partial charge < -0.3 is 9.72 Å². The van der Waals surface area contributed by atoms with Crippen LogP contribution in [0, 0.1) is 0 Å². The molecule has 0 saturated carbocycles. The van der Waals surface area contributed by atoms with Crippen molar-refractivity contribution in [2.24, 2.45) is 0 Å². The quantitative estimate of drug-likeness (QED) is 0.794. The molecule has 0 fully saturated rings. The lowest BCUT2D eigenvalue weighted by atomic mass is 10.1. The zero-order chi connectivity index (χ0) is 15.2. The van der Waals surface area contributed by atoms with Crippen LogP contribution in [0.25, 0.3) is 11.0 Å². The Balaban J connectivity index is 2.32. The van der Waals surface area contributed by atoms with E-state index in [4.69, 9.17) is 9.72 Å². The van der Waals surface area contributed by atoms with Crippen LogP contribution in [0.5, 0.6) is 5.75 Å². The molecule has 21 heavy (non-hydrogen) atoms. The number of nitrogens with one attached hydrogen (secondary N) is 1. The number of nitrogens with zero attached hydrogens (tertiary/aromatic N) is 2. The van der Waals surface area contributed by atoms with Crippen LogP contribution in [0.1, 0.15) is 51.9 Å². The highest BCUT2D eigenvalue weighted by Gasteiger charge is 2.20. The van der Waals surface area contributed by atoms with Gasteiger partial charge in [-0.1, -0.05) is 20.8 Å². The van der Waals surface area contributed by atoms with Gasteiger partial charge in [0.2, 0.25) is 0 Å². The van der Waals surface area contributed by atoms with Crippen LogP contribution < -0.4 is 4.74 Å². The van der Waals surface area contributed by atoms with Gasteiger partial charge >= 0.3 is 0 Å². The number of hydrogen-bond acceptors (Lipinski definition) is 3. The third-order valence-electron chi connectivity index (χ3n) is 3.87. The van der Waals surface area contributed by atoms with E-state index in [-0.39, 0.29) is 0 Å². The summed E-state index contributed by atoms with van der Waals surface area (Å²) in [6.45, 7) is 8.94. The summed E-state index contributed by atoms with van der Waals surface area (Å²) in [4.78, 5) is 10.8. The molecule has 0 aliphatic rings. The average molecular weight is 289 g/mol. The lowest BCUT2D eigenvalue weighted by molar-refractivity contribution is 0.186. The standard InChI is InChI=1S/C17H27N3O/c1-5-10-20(11-6-2)16(7-3)17-18-14-9-8-13(21-4)12-15(14)19-17/h8-9,12,16H,5-7,10-11H2,1-4H3,(H,18,19). The Bertz CT molecular complexity index is 558. The fourth-order valence-electron chi connectivity index (χ4n) is 2.92. The van der Waals surface area contributed by atoms with Crippen LogP contribution in [0.4, 0.5) is 0 Å². The van der Waals surface area contributed by atoms with Gasteiger partial charge in [0.1, 0.15) is 11.6 Å². The first-order valence-corrected chi connectivity index (χ1v) is 8.01. The lowest BCUT2D eigenvalue weighted by Gasteiger charge is -2.29. The number of imidazole rings is 1. The minimum atomic E-state index is 0.364. The maximum Gasteiger partial charge on any atom is 0.124 e. The summed E-state index contributed by atoms with van der Waals surface area (Å²) in [6, 6.07) is 6.36. The SMILES string of the molecule is CCCN(CCC)C(CC)c1nc2ccc(OC)cc2[nH]1. The van der Waals surface area contributed by atoms with E-state index in [0.29, 0.717) is 6.04 Å².